The number of nitrogens with two attached hydrogens (primary N) is 1. The van der Waals surface area contributed by atoms with Gasteiger partial charge in [-0.05, 0) is 42.3 Å². The Bertz CT molecular complexity index is 681. The number of rotatable bonds is 5. The number of benzene rings is 2. The molecule has 0 bridgehead atoms. The lowest BCUT2D eigenvalue weighted by molar-refractivity contribution is -0.117. The molecule has 2 aromatic rings. The quantitative estimate of drug-likeness (QED) is 0.858. The van der Waals surface area contributed by atoms with Gasteiger partial charge in [0.2, 0.25) is 5.91 Å². The molecule has 4 nitrogen and oxygen atoms in total. The first kappa shape index (κ1) is 19.4. The van der Waals surface area contributed by atoms with E-state index in [2.05, 4.69) is 22.3 Å². The second kappa shape index (κ2) is 8.94. The van der Waals surface area contributed by atoms with Crippen LogP contribution >= 0.6 is 12.4 Å². The Morgan fingerprint density at radius 2 is 1.80 bits per heavy atom. The average Bonchev–Trinajstić information content (AvgIpc) is 3.00. The Kier molecular flexibility index (Phi) is 6.93. The standard InChI is InChI=1S/C19H22FN3O.ClH/c20-16-6-8-17(9-7-16)22-19(24)13-23-11-15(10-21)18(12-23)14-4-2-1-3-5-14;/h1-9,15,18H,10-13,21H2,(H,22,24);1H/t15-,18+;/m1./s1. The highest BCUT2D eigenvalue weighted by Gasteiger charge is 2.33. The van der Waals surface area contributed by atoms with E-state index in [1.165, 1.54) is 17.7 Å². The van der Waals surface area contributed by atoms with Crippen molar-refractivity contribution in [1.82, 2.24) is 4.90 Å². The molecule has 25 heavy (non-hydrogen) atoms. The number of hydrogen-bond donors (Lipinski definition) is 2. The zero-order valence-electron chi connectivity index (χ0n) is 13.9. The summed E-state index contributed by atoms with van der Waals surface area (Å²) < 4.78 is 12.9. The van der Waals surface area contributed by atoms with Gasteiger partial charge < -0.3 is 11.1 Å². The fourth-order valence-electron chi connectivity index (χ4n) is 3.34. The minimum atomic E-state index is -0.316. The average molecular weight is 364 g/mol. The number of anilines is 1. The molecular weight excluding hydrogens is 341 g/mol. The van der Waals surface area contributed by atoms with Crippen LogP contribution in [0.5, 0.6) is 0 Å². The number of nitrogens with zero attached hydrogens (tertiary/aromatic N) is 1. The van der Waals surface area contributed by atoms with Crippen molar-refractivity contribution in [2.75, 3.05) is 31.5 Å². The smallest absolute Gasteiger partial charge is 0.238 e. The van der Waals surface area contributed by atoms with Crippen LogP contribution in [0.4, 0.5) is 10.1 Å². The molecule has 1 fully saturated rings. The second-order valence-electron chi connectivity index (χ2n) is 6.26. The zero-order chi connectivity index (χ0) is 16.9. The van der Waals surface area contributed by atoms with E-state index in [1.807, 2.05) is 18.2 Å². The normalized spacial score (nSPS) is 20.1. The summed E-state index contributed by atoms with van der Waals surface area (Å²) in [6, 6.07) is 16.1. The molecule has 1 saturated heterocycles. The topological polar surface area (TPSA) is 58.4 Å². The highest BCUT2D eigenvalue weighted by Crippen LogP contribution is 2.31. The second-order valence-corrected chi connectivity index (χ2v) is 6.26. The highest BCUT2D eigenvalue weighted by atomic mass is 35.5. The molecule has 3 rings (SSSR count). The fraction of sp³-hybridized carbons (Fsp3) is 0.316. The molecule has 1 amide bonds. The Balaban J connectivity index is 0.00000225. The third-order valence-electron chi connectivity index (χ3n) is 4.54. The van der Waals surface area contributed by atoms with E-state index in [0.717, 1.165) is 13.1 Å². The lowest BCUT2D eigenvalue weighted by atomic mass is 9.89. The van der Waals surface area contributed by atoms with Crippen molar-refractivity contribution in [2.24, 2.45) is 11.7 Å². The molecule has 134 valence electrons. The van der Waals surface area contributed by atoms with Gasteiger partial charge in [-0.3, -0.25) is 9.69 Å². The molecule has 0 spiro atoms. The molecule has 1 heterocycles. The van der Waals surface area contributed by atoms with Crippen molar-refractivity contribution < 1.29 is 9.18 Å². The van der Waals surface area contributed by atoms with E-state index in [0.29, 0.717) is 30.6 Å². The van der Waals surface area contributed by atoms with E-state index in [-0.39, 0.29) is 24.1 Å². The summed E-state index contributed by atoms with van der Waals surface area (Å²) in [6.45, 7) is 2.56. The van der Waals surface area contributed by atoms with Gasteiger partial charge in [-0.25, -0.2) is 4.39 Å². The number of carbonyl (C=O) groups excluding carboxylic acids is 1. The van der Waals surface area contributed by atoms with E-state index in [9.17, 15) is 9.18 Å². The molecule has 2 aromatic carbocycles. The van der Waals surface area contributed by atoms with Crippen LogP contribution in [0.3, 0.4) is 0 Å². The Morgan fingerprint density at radius 1 is 1.12 bits per heavy atom. The molecule has 3 N–H and O–H groups in total. The maximum Gasteiger partial charge on any atom is 0.238 e. The van der Waals surface area contributed by atoms with E-state index in [4.69, 9.17) is 5.73 Å². The van der Waals surface area contributed by atoms with Crippen molar-refractivity contribution in [1.29, 1.82) is 0 Å². The van der Waals surface area contributed by atoms with Gasteiger partial charge in [-0.1, -0.05) is 30.3 Å². The summed E-state index contributed by atoms with van der Waals surface area (Å²) in [5.41, 5.74) is 7.81. The van der Waals surface area contributed by atoms with Crippen molar-refractivity contribution in [3.05, 3.63) is 66.0 Å². The maximum absolute atomic E-state index is 12.9. The number of carbonyl (C=O) groups is 1. The van der Waals surface area contributed by atoms with Crippen LogP contribution in [0.2, 0.25) is 0 Å². The fourth-order valence-corrected chi connectivity index (χ4v) is 3.34. The maximum atomic E-state index is 12.9. The zero-order valence-corrected chi connectivity index (χ0v) is 14.7. The summed E-state index contributed by atoms with van der Waals surface area (Å²) in [6.07, 6.45) is 0. The number of nitrogens with one attached hydrogen (secondary N) is 1. The Labute approximate surface area is 153 Å². The van der Waals surface area contributed by atoms with Gasteiger partial charge in [0.15, 0.2) is 0 Å². The van der Waals surface area contributed by atoms with Gasteiger partial charge in [0, 0.05) is 24.7 Å². The summed E-state index contributed by atoms with van der Waals surface area (Å²) in [7, 11) is 0. The predicted molar refractivity (Wildman–Crippen MR) is 100 cm³/mol. The number of hydrogen-bond acceptors (Lipinski definition) is 3. The first-order chi connectivity index (χ1) is 11.7. The first-order valence-electron chi connectivity index (χ1n) is 8.18. The van der Waals surface area contributed by atoms with E-state index in [1.54, 1.807) is 12.1 Å². The molecule has 2 atom stereocenters. The van der Waals surface area contributed by atoms with Gasteiger partial charge in [-0.15, -0.1) is 12.4 Å². The summed E-state index contributed by atoms with van der Waals surface area (Å²) in [5.74, 6) is 0.302. The SMILES string of the molecule is Cl.NC[C@@H]1CN(CC(=O)Nc2ccc(F)cc2)C[C@H]1c1ccccc1. The predicted octanol–water partition coefficient (Wildman–Crippen LogP) is 2.86. The highest BCUT2D eigenvalue weighted by molar-refractivity contribution is 5.92. The van der Waals surface area contributed by atoms with Crippen molar-refractivity contribution in [3.8, 4) is 0 Å². The number of amides is 1. The molecule has 6 heteroatoms. The van der Waals surface area contributed by atoms with Crippen LogP contribution in [0.25, 0.3) is 0 Å². The van der Waals surface area contributed by atoms with E-state index < -0.39 is 0 Å². The Hall–Kier alpha value is -1.95. The lowest BCUT2D eigenvalue weighted by Gasteiger charge is -2.16. The monoisotopic (exact) mass is 363 g/mol. The minimum Gasteiger partial charge on any atom is -0.330 e. The number of halogens is 2. The van der Waals surface area contributed by atoms with Gasteiger partial charge >= 0.3 is 0 Å². The number of likely N-dealkylation sites (tertiary alicyclic amines) is 1. The minimum absolute atomic E-state index is 0. The molecule has 0 saturated carbocycles. The van der Waals surface area contributed by atoms with Crippen LogP contribution in [0, 0.1) is 11.7 Å². The van der Waals surface area contributed by atoms with Crippen molar-refractivity contribution >= 4 is 24.0 Å². The van der Waals surface area contributed by atoms with E-state index >= 15 is 0 Å². The van der Waals surface area contributed by atoms with Gasteiger partial charge in [0.05, 0.1) is 6.54 Å². The molecular formula is C19H23ClFN3O. The van der Waals surface area contributed by atoms with Crippen molar-refractivity contribution in [3.63, 3.8) is 0 Å². The summed E-state index contributed by atoms with van der Waals surface area (Å²) in [4.78, 5) is 14.3. The summed E-state index contributed by atoms with van der Waals surface area (Å²) in [5, 5.41) is 2.80. The molecule has 0 aliphatic carbocycles. The van der Waals surface area contributed by atoms with Gasteiger partial charge in [0.25, 0.3) is 0 Å². The Morgan fingerprint density at radius 3 is 2.44 bits per heavy atom. The van der Waals surface area contributed by atoms with Gasteiger partial charge in [0.1, 0.15) is 5.82 Å². The third kappa shape index (κ3) is 5.01. The van der Waals surface area contributed by atoms with Crippen LogP contribution < -0.4 is 11.1 Å². The summed E-state index contributed by atoms with van der Waals surface area (Å²) >= 11 is 0. The lowest BCUT2D eigenvalue weighted by Crippen LogP contribution is -2.32. The van der Waals surface area contributed by atoms with Crippen molar-refractivity contribution in [2.45, 2.75) is 5.92 Å². The molecule has 0 radical (unpaired) electrons. The van der Waals surface area contributed by atoms with Crippen LogP contribution in [-0.2, 0) is 4.79 Å². The molecule has 1 aliphatic rings. The van der Waals surface area contributed by atoms with Crippen LogP contribution in [0.15, 0.2) is 54.6 Å². The molecule has 0 aromatic heterocycles. The van der Waals surface area contributed by atoms with Crippen LogP contribution in [-0.4, -0.2) is 37.0 Å². The van der Waals surface area contributed by atoms with Crippen LogP contribution in [0.1, 0.15) is 11.5 Å². The molecule has 1 aliphatic heterocycles. The first-order valence-corrected chi connectivity index (χ1v) is 8.18. The molecule has 0 unspecified atom stereocenters. The largest absolute Gasteiger partial charge is 0.330 e. The third-order valence-corrected chi connectivity index (χ3v) is 4.54. The van der Waals surface area contributed by atoms with Gasteiger partial charge in [-0.2, -0.15) is 0 Å².